The van der Waals surface area contributed by atoms with Crippen molar-refractivity contribution in [3.05, 3.63) is 23.6 Å². The molecule has 6 nitrogen and oxygen atoms in total. The molecule has 2 heterocycles. The standard InChI is InChI=1S/C11H17N5O/c1-4-9-14-10(5-2)16(15-9)11-13-8(6-12-3)7-17-11/h7,12H,4-6H2,1-3H3. The maximum atomic E-state index is 5.41. The van der Waals surface area contributed by atoms with Gasteiger partial charge in [-0.25, -0.2) is 4.98 Å². The highest BCUT2D eigenvalue weighted by Crippen LogP contribution is 2.11. The fourth-order valence-corrected chi connectivity index (χ4v) is 1.58. The van der Waals surface area contributed by atoms with Gasteiger partial charge in [0.2, 0.25) is 0 Å². The Balaban J connectivity index is 2.33. The summed E-state index contributed by atoms with van der Waals surface area (Å²) in [6.07, 6.45) is 3.25. The van der Waals surface area contributed by atoms with Crippen molar-refractivity contribution in [3.63, 3.8) is 0 Å². The lowest BCUT2D eigenvalue weighted by atomic mass is 10.4. The van der Waals surface area contributed by atoms with Crippen LogP contribution in [-0.2, 0) is 19.4 Å². The summed E-state index contributed by atoms with van der Waals surface area (Å²) in [5.41, 5.74) is 0.859. The third-order valence-corrected chi connectivity index (χ3v) is 2.43. The van der Waals surface area contributed by atoms with E-state index >= 15 is 0 Å². The smallest absolute Gasteiger partial charge is 0.324 e. The third-order valence-electron chi connectivity index (χ3n) is 2.43. The van der Waals surface area contributed by atoms with E-state index < -0.39 is 0 Å². The van der Waals surface area contributed by atoms with Gasteiger partial charge in [0.15, 0.2) is 5.82 Å². The Kier molecular flexibility index (Phi) is 3.53. The van der Waals surface area contributed by atoms with Crippen molar-refractivity contribution >= 4 is 0 Å². The van der Waals surface area contributed by atoms with Gasteiger partial charge < -0.3 is 9.73 Å². The summed E-state index contributed by atoms with van der Waals surface area (Å²) in [6, 6.07) is 0.485. The van der Waals surface area contributed by atoms with E-state index in [0.717, 1.165) is 30.2 Å². The Hall–Kier alpha value is -1.69. The minimum absolute atomic E-state index is 0.485. The van der Waals surface area contributed by atoms with E-state index in [1.54, 1.807) is 10.9 Å². The van der Waals surface area contributed by atoms with Gasteiger partial charge in [0.1, 0.15) is 12.1 Å². The van der Waals surface area contributed by atoms with E-state index in [4.69, 9.17) is 4.42 Å². The molecule has 6 heteroatoms. The molecule has 0 aliphatic heterocycles. The van der Waals surface area contributed by atoms with Gasteiger partial charge in [0.05, 0.1) is 5.69 Å². The molecular formula is C11H17N5O. The fourth-order valence-electron chi connectivity index (χ4n) is 1.58. The zero-order valence-electron chi connectivity index (χ0n) is 10.4. The third kappa shape index (κ3) is 2.36. The van der Waals surface area contributed by atoms with E-state index in [1.165, 1.54) is 0 Å². The van der Waals surface area contributed by atoms with Gasteiger partial charge in [-0.15, -0.1) is 5.10 Å². The Labute approximate surface area is 100 Å². The average molecular weight is 235 g/mol. The summed E-state index contributed by atoms with van der Waals surface area (Å²) in [6.45, 7) is 4.75. The maximum Gasteiger partial charge on any atom is 0.324 e. The molecule has 92 valence electrons. The molecule has 0 bridgehead atoms. The number of aromatic nitrogens is 4. The predicted octanol–water partition coefficient (Wildman–Crippen LogP) is 1.10. The molecule has 0 saturated carbocycles. The van der Waals surface area contributed by atoms with Gasteiger partial charge in [-0.1, -0.05) is 13.8 Å². The normalized spacial score (nSPS) is 11.0. The van der Waals surface area contributed by atoms with E-state index in [-0.39, 0.29) is 0 Å². The van der Waals surface area contributed by atoms with Gasteiger partial charge in [0, 0.05) is 19.4 Å². The molecular weight excluding hydrogens is 218 g/mol. The van der Waals surface area contributed by atoms with E-state index in [0.29, 0.717) is 12.6 Å². The molecule has 0 saturated heterocycles. The van der Waals surface area contributed by atoms with Crippen LogP contribution in [0, 0.1) is 0 Å². The van der Waals surface area contributed by atoms with Crippen molar-refractivity contribution in [2.45, 2.75) is 33.2 Å². The van der Waals surface area contributed by atoms with Crippen LogP contribution < -0.4 is 5.32 Å². The number of hydrogen-bond acceptors (Lipinski definition) is 5. The van der Waals surface area contributed by atoms with Crippen molar-refractivity contribution in [2.75, 3.05) is 7.05 Å². The first-order chi connectivity index (χ1) is 8.28. The van der Waals surface area contributed by atoms with Crippen LogP contribution in [0.2, 0.25) is 0 Å². The first kappa shape index (κ1) is 11.8. The van der Waals surface area contributed by atoms with Crippen molar-refractivity contribution in [2.24, 2.45) is 0 Å². The number of hydrogen-bond donors (Lipinski definition) is 1. The Bertz CT molecular complexity index is 488. The molecule has 0 unspecified atom stereocenters. The van der Waals surface area contributed by atoms with Crippen LogP contribution in [0.1, 0.15) is 31.2 Å². The average Bonchev–Trinajstić information content (AvgIpc) is 2.94. The molecule has 2 aromatic heterocycles. The molecule has 0 aliphatic carbocycles. The highest BCUT2D eigenvalue weighted by molar-refractivity contribution is 5.12. The quantitative estimate of drug-likeness (QED) is 0.840. The van der Waals surface area contributed by atoms with Crippen LogP contribution in [0.15, 0.2) is 10.7 Å². The first-order valence-corrected chi connectivity index (χ1v) is 5.82. The van der Waals surface area contributed by atoms with Crippen LogP contribution in [0.3, 0.4) is 0 Å². The summed E-state index contributed by atoms with van der Waals surface area (Å²) in [5, 5.41) is 7.40. The molecule has 2 rings (SSSR count). The lowest BCUT2D eigenvalue weighted by Gasteiger charge is -1.96. The highest BCUT2D eigenvalue weighted by Gasteiger charge is 2.13. The van der Waals surface area contributed by atoms with Crippen LogP contribution in [0.4, 0.5) is 0 Å². The van der Waals surface area contributed by atoms with Gasteiger partial charge in [-0.3, -0.25) is 0 Å². The number of nitrogens with zero attached hydrogens (tertiary/aromatic N) is 4. The Morgan fingerprint density at radius 1 is 1.29 bits per heavy atom. The summed E-state index contributed by atoms with van der Waals surface area (Å²) in [5.74, 6) is 1.69. The van der Waals surface area contributed by atoms with Crippen molar-refractivity contribution in [1.82, 2.24) is 25.1 Å². The molecule has 0 aromatic carbocycles. The molecule has 17 heavy (non-hydrogen) atoms. The molecule has 0 fully saturated rings. The topological polar surface area (TPSA) is 68.8 Å². The van der Waals surface area contributed by atoms with Gasteiger partial charge >= 0.3 is 6.01 Å². The van der Waals surface area contributed by atoms with Crippen molar-refractivity contribution in [1.29, 1.82) is 0 Å². The van der Waals surface area contributed by atoms with E-state index in [9.17, 15) is 0 Å². The van der Waals surface area contributed by atoms with Gasteiger partial charge in [-0.2, -0.15) is 9.67 Å². The SMILES string of the molecule is CCc1nc(CC)n(-c2nc(CNC)co2)n1. The maximum absolute atomic E-state index is 5.41. The van der Waals surface area contributed by atoms with Crippen LogP contribution in [0.5, 0.6) is 0 Å². The molecule has 1 N–H and O–H groups in total. The highest BCUT2D eigenvalue weighted by atomic mass is 16.4. The molecule has 0 aliphatic rings. The summed E-state index contributed by atoms with van der Waals surface area (Å²) < 4.78 is 7.09. The lowest BCUT2D eigenvalue weighted by molar-refractivity contribution is 0.500. The number of oxazole rings is 1. The molecule has 0 amide bonds. The summed E-state index contributed by atoms with van der Waals surface area (Å²) in [7, 11) is 1.87. The Morgan fingerprint density at radius 2 is 2.12 bits per heavy atom. The van der Waals surface area contributed by atoms with E-state index in [1.807, 2.05) is 20.9 Å². The second kappa shape index (κ2) is 5.09. The summed E-state index contributed by atoms with van der Waals surface area (Å²) in [4.78, 5) is 8.77. The minimum Gasteiger partial charge on any atom is -0.430 e. The van der Waals surface area contributed by atoms with E-state index in [2.05, 4.69) is 20.4 Å². The van der Waals surface area contributed by atoms with Gasteiger partial charge in [0.25, 0.3) is 0 Å². The monoisotopic (exact) mass is 235 g/mol. The molecule has 0 atom stereocenters. The second-order valence-electron chi connectivity index (χ2n) is 3.71. The van der Waals surface area contributed by atoms with Crippen molar-refractivity contribution in [3.8, 4) is 6.01 Å². The minimum atomic E-state index is 0.485. The number of nitrogens with one attached hydrogen (secondary N) is 1. The summed E-state index contributed by atoms with van der Waals surface area (Å²) >= 11 is 0. The molecule has 0 radical (unpaired) electrons. The fraction of sp³-hybridized carbons (Fsp3) is 0.545. The molecule has 2 aromatic rings. The molecule has 0 spiro atoms. The number of aryl methyl sites for hydroxylation is 2. The lowest BCUT2D eigenvalue weighted by Crippen LogP contribution is -2.06. The Morgan fingerprint density at radius 3 is 2.76 bits per heavy atom. The van der Waals surface area contributed by atoms with Crippen LogP contribution in [-0.4, -0.2) is 26.8 Å². The van der Waals surface area contributed by atoms with Gasteiger partial charge in [-0.05, 0) is 7.05 Å². The zero-order chi connectivity index (χ0) is 12.3. The predicted molar refractivity (Wildman–Crippen MR) is 62.9 cm³/mol. The first-order valence-electron chi connectivity index (χ1n) is 5.82. The van der Waals surface area contributed by atoms with Crippen LogP contribution >= 0.6 is 0 Å². The zero-order valence-corrected chi connectivity index (χ0v) is 10.4. The number of rotatable bonds is 5. The van der Waals surface area contributed by atoms with Crippen LogP contribution in [0.25, 0.3) is 6.01 Å². The largest absolute Gasteiger partial charge is 0.430 e. The second-order valence-corrected chi connectivity index (χ2v) is 3.71. The van der Waals surface area contributed by atoms with Crippen molar-refractivity contribution < 1.29 is 4.42 Å².